The van der Waals surface area contributed by atoms with Gasteiger partial charge in [0.05, 0.1) is 12.3 Å². The monoisotopic (exact) mass is 496 g/mol. The fraction of sp³-hybridized carbons (Fsp3) is 0.290. The summed E-state index contributed by atoms with van der Waals surface area (Å²) in [6.45, 7) is 6.05. The molecule has 1 fully saturated rings. The second kappa shape index (κ2) is 11.3. The van der Waals surface area contributed by atoms with Crippen LogP contribution in [0.15, 0.2) is 89.3 Å². The number of amides is 1. The van der Waals surface area contributed by atoms with Gasteiger partial charge >= 0.3 is 6.09 Å². The number of benzene rings is 3. The second-order valence-electron chi connectivity index (χ2n) is 9.66. The molecule has 0 N–H and O–H groups in total. The van der Waals surface area contributed by atoms with E-state index in [1.807, 2.05) is 72.5 Å². The Labute approximate surface area is 217 Å². The van der Waals surface area contributed by atoms with Crippen molar-refractivity contribution in [3.8, 4) is 23.0 Å². The smallest absolute Gasteiger partial charge is 0.415 e. The van der Waals surface area contributed by atoms with Gasteiger partial charge in [-0.15, -0.1) is 0 Å². The van der Waals surface area contributed by atoms with Crippen LogP contribution < -0.4 is 9.47 Å². The van der Waals surface area contributed by atoms with Crippen molar-refractivity contribution in [3.63, 3.8) is 0 Å². The highest BCUT2D eigenvalue weighted by molar-refractivity contribution is 5.71. The van der Waals surface area contributed by atoms with Crippen molar-refractivity contribution in [1.29, 1.82) is 0 Å². The molecule has 1 amide bonds. The summed E-state index contributed by atoms with van der Waals surface area (Å²) in [5.74, 6) is 3.64. The summed E-state index contributed by atoms with van der Waals surface area (Å²) < 4.78 is 17.5. The molecule has 3 aromatic carbocycles. The molecule has 4 aromatic rings. The number of hydrogen-bond donors (Lipinski definition) is 0. The molecule has 6 nitrogen and oxygen atoms in total. The molecule has 1 saturated heterocycles. The van der Waals surface area contributed by atoms with E-state index in [-0.39, 0.29) is 6.09 Å². The van der Waals surface area contributed by atoms with E-state index in [1.165, 1.54) is 5.56 Å². The van der Waals surface area contributed by atoms with Crippen LogP contribution in [0.25, 0.3) is 11.5 Å². The van der Waals surface area contributed by atoms with Gasteiger partial charge in [-0.1, -0.05) is 55.5 Å². The molecule has 0 spiro atoms. The van der Waals surface area contributed by atoms with Gasteiger partial charge in [0, 0.05) is 25.1 Å². The predicted octanol–water partition coefficient (Wildman–Crippen LogP) is 6.58. The zero-order chi connectivity index (χ0) is 25.6. The van der Waals surface area contributed by atoms with E-state index in [2.05, 4.69) is 24.0 Å². The zero-order valence-electron chi connectivity index (χ0n) is 21.3. The average molecular weight is 497 g/mol. The van der Waals surface area contributed by atoms with Crippen molar-refractivity contribution in [3.05, 3.63) is 102 Å². The van der Waals surface area contributed by atoms with Gasteiger partial charge in [0.2, 0.25) is 5.89 Å². The van der Waals surface area contributed by atoms with Crippen molar-refractivity contribution in [1.82, 2.24) is 9.88 Å². The molecule has 0 saturated carbocycles. The molecule has 5 rings (SSSR count). The lowest BCUT2D eigenvalue weighted by atomic mass is 9.91. The number of carbonyl (C=O) groups is 1. The number of nitrogens with zero attached hydrogens (tertiary/aromatic N) is 2. The molecule has 1 aliphatic rings. The van der Waals surface area contributed by atoms with Gasteiger partial charge in [-0.3, -0.25) is 0 Å². The summed E-state index contributed by atoms with van der Waals surface area (Å²) in [4.78, 5) is 19.1. The first kappa shape index (κ1) is 24.6. The Bertz CT molecular complexity index is 1320. The van der Waals surface area contributed by atoms with E-state index >= 15 is 0 Å². The lowest BCUT2D eigenvalue weighted by Gasteiger charge is -2.16. The molecule has 1 aromatic heterocycles. The van der Waals surface area contributed by atoms with E-state index in [4.69, 9.17) is 13.9 Å². The molecular weight excluding hydrogens is 464 g/mol. The largest absolute Gasteiger partial charge is 0.493 e. The highest BCUT2D eigenvalue weighted by atomic mass is 16.6. The number of ether oxygens (including phenoxy) is 2. The quantitative estimate of drug-likeness (QED) is 0.276. The van der Waals surface area contributed by atoms with Crippen LogP contribution in [0.1, 0.15) is 23.9 Å². The summed E-state index contributed by atoms with van der Waals surface area (Å²) in [6, 6.07) is 27.4. The summed E-state index contributed by atoms with van der Waals surface area (Å²) in [7, 11) is 0. The first-order valence-electron chi connectivity index (χ1n) is 12.8. The van der Waals surface area contributed by atoms with Gasteiger partial charge < -0.3 is 18.8 Å². The van der Waals surface area contributed by atoms with Crippen molar-refractivity contribution in [2.75, 3.05) is 19.7 Å². The maximum absolute atomic E-state index is 12.6. The number of aromatic nitrogens is 1. The maximum atomic E-state index is 12.6. The third-order valence-electron chi connectivity index (χ3n) is 6.89. The normalized spacial score (nSPS) is 17.1. The van der Waals surface area contributed by atoms with Gasteiger partial charge in [-0.2, -0.15) is 0 Å². The van der Waals surface area contributed by atoms with Gasteiger partial charge in [0.25, 0.3) is 0 Å². The number of para-hydroxylation sites is 1. The van der Waals surface area contributed by atoms with Gasteiger partial charge in [-0.05, 0) is 67.1 Å². The molecular formula is C31H32N2O4. The van der Waals surface area contributed by atoms with Crippen molar-refractivity contribution in [2.45, 2.75) is 26.7 Å². The summed E-state index contributed by atoms with van der Waals surface area (Å²) in [5.41, 5.74) is 3.09. The first-order chi connectivity index (χ1) is 18.0. The van der Waals surface area contributed by atoms with Crippen molar-refractivity contribution >= 4 is 6.09 Å². The fourth-order valence-corrected chi connectivity index (χ4v) is 4.80. The zero-order valence-corrected chi connectivity index (χ0v) is 21.3. The molecule has 6 heteroatoms. The molecule has 0 bridgehead atoms. The number of rotatable bonds is 8. The minimum atomic E-state index is -0.281. The lowest BCUT2D eigenvalue weighted by molar-refractivity contribution is 0.160. The molecule has 0 unspecified atom stereocenters. The van der Waals surface area contributed by atoms with Crippen LogP contribution in [0, 0.1) is 18.8 Å². The molecule has 1 aliphatic heterocycles. The number of hydrogen-bond acceptors (Lipinski definition) is 5. The number of oxazole rings is 1. The fourth-order valence-electron chi connectivity index (χ4n) is 4.80. The average Bonchev–Trinajstić information content (AvgIpc) is 3.47. The standard InChI is InChI=1S/C31H32N2O4/c1-22-20-33(31(34)37-27-13-7-4-8-14-27)21-26(22)18-24-10-9-15-28(19-24)35-17-16-29-23(2)36-30(32-29)25-11-5-3-6-12-25/h3-15,19,22,26H,16-18,20-21H2,1-2H3/t22-,26+/m1/s1. The Hall–Kier alpha value is -4.06. The Balaban J connectivity index is 1.14. The maximum Gasteiger partial charge on any atom is 0.415 e. The van der Waals surface area contributed by atoms with E-state index in [9.17, 15) is 4.79 Å². The van der Waals surface area contributed by atoms with E-state index in [1.54, 1.807) is 12.1 Å². The Morgan fingerprint density at radius 2 is 1.70 bits per heavy atom. The van der Waals surface area contributed by atoms with Crippen LogP contribution >= 0.6 is 0 Å². The Morgan fingerprint density at radius 3 is 2.49 bits per heavy atom. The summed E-state index contributed by atoms with van der Waals surface area (Å²) >= 11 is 0. The third kappa shape index (κ3) is 6.20. The van der Waals surface area contributed by atoms with Crippen LogP contribution in [0.2, 0.25) is 0 Å². The first-order valence-corrected chi connectivity index (χ1v) is 12.8. The van der Waals surface area contributed by atoms with E-state index in [0.29, 0.717) is 49.6 Å². The molecule has 2 atom stereocenters. The molecule has 0 aliphatic carbocycles. The van der Waals surface area contributed by atoms with Crippen molar-refractivity contribution < 1.29 is 18.7 Å². The van der Waals surface area contributed by atoms with Crippen LogP contribution in [-0.4, -0.2) is 35.7 Å². The summed E-state index contributed by atoms with van der Waals surface area (Å²) in [6.07, 6.45) is 1.28. The van der Waals surface area contributed by atoms with Crippen LogP contribution in [0.4, 0.5) is 4.79 Å². The lowest BCUT2D eigenvalue weighted by Crippen LogP contribution is -2.31. The minimum absolute atomic E-state index is 0.281. The van der Waals surface area contributed by atoms with Crippen LogP contribution in [0.3, 0.4) is 0 Å². The molecule has 37 heavy (non-hydrogen) atoms. The SMILES string of the molecule is Cc1oc(-c2ccccc2)nc1CCOc1cccc(C[C@H]2CN(C(=O)Oc3ccccc3)C[C@H]2C)c1. The highest BCUT2D eigenvalue weighted by Crippen LogP contribution is 2.29. The molecule has 0 radical (unpaired) electrons. The predicted molar refractivity (Wildman–Crippen MR) is 143 cm³/mol. The third-order valence-corrected chi connectivity index (χ3v) is 6.89. The summed E-state index contributed by atoms with van der Waals surface area (Å²) in [5, 5.41) is 0. The van der Waals surface area contributed by atoms with Gasteiger partial charge in [0.1, 0.15) is 17.3 Å². The van der Waals surface area contributed by atoms with Gasteiger partial charge in [-0.25, -0.2) is 9.78 Å². The molecule has 190 valence electrons. The topological polar surface area (TPSA) is 64.8 Å². The Morgan fingerprint density at radius 1 is 0.973 bits per heavy atom. The number of aryl methyl sites for hydroxylation is 1. The molecule has 2 heterocycles. The number of likely N-dealkylation sites (tertiary alicyclic amines) is 1. The van der Waals surface area contributed by atoms with E-state index in [0.717, 1.165) is 29.2 Å². The van der Waals surface area contributed by atoms with Gasteiger partial charge in [0.15, 0.2) is 0 Å². The minimum Gasteiger partial charge on any atom is -0.493 e. The van der Waals surface area contributed by atoms with E-state index < -0.39 is 0 Å². The number of carbonyl (C=O) groups excluding carboxylic acids is 1. The Kier molecular flexibility index (Phi) is 7.54. The highest BCUT2D eigenvalue weighted by Gasteiger charge is 2.33. The second-order valence-corrected chi connectivity index (χ2v) is 9.66. The van der Waals surface area contributed by atoms with Crippen LogP contribution in [-0.2, 0) is 12.8 Å². The van der Waals surface area contributed by atoms with Crippen LogP contribution in [0.5, 0.6) is 11.5 Å². The van der Waals surface area contributed by atoms with Crippen molar-refractivity contribution in [2.24, 2.45) is 11.8 Å².